The Morgan fingerprint density at radius 3 is 2.71 bits per heavy atom. The summed E-state index contributed by atoms with van der Waals surface area (Å²) in [4.78, 5) is 0. The Bertz CT molecular complexity index is 328. The minimum Gasteiger partial charge on any atom is -0.381 e. The Kier molecular flexibility index (Phi) is 7.17. The second kappa shape index (κ2) is 8.12. The molecule has 0 fully saturated rings. The van der Waals surface area contributed by atoms with Crippen molar-refractivity contribution in [3.63, 3.8) is 0 Å². The number of benzene rings is 1. The molecule has 0 saturated heterocycles. The molecule has 1 nitrogen and oxygen atoms in total. The molecule has 0 N–H and O–H groups in total. The van der Waals surface area contributed by atoms with Crippen LogP contribution in [-0.4, -0.2) is 18.5 Å². The first-order valence-corrected chi connectivity index (χ1v) is 7.52. The van der Waals surface area contributed by atoms with Crippen molar-refractivity contribution in [3.05, 3.63) is 34.9 Å². The highest BCUT2D eigenvalue weighted by Gasteiger charge is 2.10. The minimum absolute atomic E-state index is 0.473. The Hall–Kier alpha value is -0.0500. The summed E-state index contributed by atoms with van der Waals surface area (Å²) in [5, 5.41) is 1.75. The second-order valence-electron chi connectivity index (χ2n) is 4.66. The normalized spacial score (nSPS) is 13.0. The maximum absolute atomic E-state index is 6.00. The van der Waals surface area contributed by atoms with E-state index < -0.39 is 0 Å². The maximum Gasteiger partial charge on any atom is 0.0488 e. The van der Waals surface area contributed by atoms with E-state index in [1.54, 1.807) is 0 Å². The summed E-state index contributed by atoms with van der Waals surface area (Å²) >= 11 is 9.56. The number of alkyl halides is 1. The van der Waals surface area contributed by atoms with E-state index in [1.165, 1.54) is 5.56 Å². The lowest BCUT2D eigenvalue weighted by Gasteiger charge is -2.15. The standard InChI is InChI=1S/C14H20BrClO/c1-11(2)10-17-7-6-13(9-15)12-4-3-5-14(16)8-12/h3-5,8,11,13H,6-7,9-10H2,1-2H3. The van der Waals surface area contributed by atoms with Gasteiger partial charge < -0.3 is 4.74 Å². The third-order valence-corrected chi connectivity index (χ3v) is 3.58. The van der Waals surface area contributed by atoms with Crippen molar-refractivity contribution in [1.82, 2.24) is 0 Å². The van der Waals surface area contributed by atoms with Crippen LogP contribution in [0.15, 0.2) is 24.3 Å². The molecule has 1 aromatic carbocycles. The zero-order chi connectivity index (χ0) is 12.7. The molecule has 1 atom stereocenters. The second-order valence-corrected chi connectivity index (χ2v) is 5.75. The van der Waals surface area contributed by atoms with Gasteiger partial charge in [0, 0.05) is 23.6 Å². The monoisotopic (exact) mass is 318 g/mol. The molecule has 0 aromatic heterocycles. The summed E-state index contributed by atoms with van der Waals surface area (Å²) < 4.78 is 5.63. The third kappa shape index (κ3) is 5.89. The highest BCUT2D eigenvalue weighted by molar-refractivity contribution is 9.09. The van der Waals surface area contributed by atoms with Gasteiger partial charge in [-0.1, -0.05) is 53.5 Å². The first-order valence-electron chi connectivity index (χ1n) is 6.02. The number of hydrogen-bond acceptors (Lipinski definition) is 1. The fraction of sp³-hybridized carbons (Fsp3) is 0.571. The van der Waals surface area contributed by atoms with Gasteiger partial charge in [-0.25, -0.2) is 0 Å². The van der Waals surface area contributed by atoms with Crippen LogP contribution in [-0.2, 0) is 4.74 Å². The molecule has 3 heteroatoms. The molecular formula is C14H20BrClO. The van der Waals surface area contributed by atoms with Crippen LogP contribution in [0.2, 0.25) is 5.02 Å². The van der Waals surface area contributed by atoms with E-state index in [1.807, 2.05) is 18.2 Å². The summed E-state index contributed by atoms with van der Waals surface area (Å²) in [6.07, 6.45) is 1.03. The van der Waals surface area contributed by atoms with E-state index in [-0.39, 0.29) is 0 Å². The Morgan fingerprint density at radius 1 is 1.35 bits per heavy atom. The van der Waals surface area contributed by atoms with Gasteiger partial charge in [-0.2, -0.15) is 0 Å². The van der Waals surface area contributed by atoms with Crippen molar-refractivity contribution in [2.24, 2.45) is 5.92 Å². The molecule has 0 aliphatic rings. The molecule has 0 bridgehead atoms. The van der Waals surface area contributed by atoms with Gasteiger partial charge in [-0.15, -0.1) is 0 Å². The Morgan fingerprint density at radius 2 is 2.12 bits per heavy atom. The zero-order valence-electron chi connectivity index (χ0n) is 10.5. The zero-order valence-corrected chi connectivity index (χ0v) is 12.8. The van der Waals surface area contributed by atoms with Crippen molar-refractivity contribution in [3.8, 4) is 0 Å². The third-order valence-electron chi connectivity index (χ3n) is 2.57. The van der Waals surface area contributed by atoms with Gasteiger partial charge in [0.2, 0.25) is 0 Å². The van der Waals surface area contributed by atoms with Crippen LogP contribution in [0, 0.1) is 5.92 Å². The predicted molar refractivity (Wildman–Crippen MR) is 78.3 cm³/mol. The van der Waals surface area contributed by atoms with Crippen LogP contribution >= 0.6 is 27.5 Å². The molecule has 0 radical (unpaired) electrons. The highest BCUT2D eigenvalue weighted by Crippen LogP contribution is 2.24. The van der Waals surface area contributed by atoms with E-state index >= 15 is 0 Å². The van der Waals surface area contributed by atoms with Crippen molar-refractivity contribution in [1.29, 1.82) is 0 Å². The maximum atomic E-state index is 6.00. The van der Waals surface area contributed by atoms with Gasteiger partial charge in [0.05, 0.1) is 0 Å². The first-order chi connectivity index (χ1) is 8.13. The first kappa shape index (κ1) is 15.0. The summed E-state index contributed by atoms with van der Waals surface area (Å²) in [5.74, 6) is 1.07. The molecule has 0 spiro atoms. The minimum atomic E-state index is 0.473. The van der Waals surface area contributed by atoms with E-state index in [9.17, 15) is 0 Å². The van der Waals surface area contributed by atoms with E-state index in [0.717, 1.165) is 30.0 Å². The van der Waals surface area contributed by atoms with Crippen LogP contribution in [0.25, 0.3) is 0 Å². The topological polar surface area (TPSA) is 9.23 Å². The largest absolute Gasteiger partial charge is 0.381 e. The molecule has 17 heavy (non-hydrogen) atoms. The molecule has 96 valence electrons. The van der Waals surface area contributed by atoms with Gasteiger partial charge in [-0.05, 0) is 36.0 Å². The molecule has 1 unspecified atom stereocenters. The lowest BCUT2D eigenvalue weighted by Crippen LogP contribution is -2.08. The lowest BCUT2D eigenvalue weighted by molar-refractivity contribution is 0.105. The van der Waals surface area contributed by atoms with Crippen molar-refractivity contribution in [2.45, 2.75) is 26.2 Å². The lowest BCUT2D eigenvalue weighted by atomic mass is 9.98. The van der Waals surface area contributed by atoms with Crippen LogP contribution in [0.3, 0.4) is 0 Å². The Labute approximate surface area is 118 Å². The van der Waals surface area contributed by atoms with E-state index in [0.29, 0.717) is 11.8 Å². The van der Waals surface area contributed by atoms with Crippen molar-refractivity contribution >= 4 is 27.5 Å². The molecule has 1 aromatic rings. The van der Waals surface area contributed by atoms with Crippen LogP contribution in [0.1, 0.15) is 31.7 Å². The van der Waals surface area contributed by atoms with Crippen LogP contribution in [0.5, 0.6) is 0 Å². The molecule has 0 amide bonds. The average molecular weight is 320 g/mol. The molecule has 0 heterocycles. The predicted octanol–water partition coefficient (Wildman–Crippen LogP) is 4.88. The summed E-state index contributed by atoms with van der Waals surface area (Å²) in [6, 6.07) is 8.07. The SMILES string of the molecule is CC(C)COCCC(CBr)c1cccc(Cl)c1. The van der Waals surface area contributed by atoms with Gasteiger partial charge >= 0.3 is 0 Å². The number of ether oxygens (including phenoxy) is 1. The summed E-state index contributed by atoms with van der Waals surface area (Å²) in [7, 11) is 0. The summed E-state index contributed by atoms with van der Waals surface area (Å²) in [5.41, 5.74) is 1.28. The summed E-state index contributed by atoms with van der Waals surface area (Å²) in [6.45, 7) is 5.98. The van der Waals surface area contributed by atoms with E-state index in [4.69, 9.17) is 16.3 Å². The van der Waals surface area contributed by atoms with Gasteiger partial charge in [0.25, 0.3) is 0 Å². The smallest absolute Gasteiger partial charge is 0.0488 e. The van der Waals surface area contributed by atoms with Crippen LogP contribution < -0.4 is 0 Å². The average Bonchev–Trinajstić information content (AvgIpc) is 2.29. The number of halogens is 2. The van der Waals surface area contributed by atoms with Gasteiger partial charge in [-0.3, -0.25) is 0 Å². The fourth-order valence-electron chi connectivity index (χ4n) is 1.64. The van der Waals surface area contributed by atoms with Gasteiger partial charge in [0.15, 0.2) is 0 Å². The van der Waals surface area contributed by atoms with Crippen molar-refractivity contribution < 1.29 is 4.74 Å². The molecule has 0 aliphatic heterocycles. The molecule has 0 saturated carbocycles. The molecule has 0 aliphatic carbocycles. The van der Waals surface area contributed by atoms with Crippen LogP contribution in [0.4, 0.5) is 0 Å². The van der Waals surface area contributed by atoms with Crippen molar-refractivity contribution in [2.75, 3.05) is 18.5 Å². The van der Waals surface area contributed by atoms with E-state index in [2.05, 4.69) is 35.8 Å². The number of rotatable bonds is 7. The molecular weight excluding hydrogens is 300 g/mol. The molecule has 1 rings (SSSR count). The fourth-order valence-corrected chi connectivity index (χ4v) is 2.53. The quantitative estimate of drug-likeness (QED) is 0.514. The highest BCUT2D eigenvalue weighted by atomic mass is 79.9. The Balaban J connectivity index is 2.43. The number of hydrogen-bond donors (Lipinski definition) is 0. The van der Waals surface area contributed by atoms with Gasteiger partial charge in [0.1, 0.15) is 0 Å².